The van der Waals surface area contributed by atoms with Gasteiger partial charge in [-0.2, -0.15) is 0 Å². The van der Waals surface area contributed by atoms with Gasteiger partial charge in [0, 0.05) is 49.1 Å². The average Bonchev–Trinajstić information content (AvgIpc) is 3.16. The lowest BCUT2D eigenvalue weighted by Gasteiger charge is -2.37. The van der Waals surface area contributed by atoms with Gasteiger partial charge in [-0.25, -0.2) is 4.39 Å². The number of thioether (sulfide) groups is 1. The molecule has 2 fully saturated rings. The van der Waals surface area contributed by atoms with Crippen LogP contribution in [0.3, 0.4) is 0 Å². The van der Waals surface area contributed by atoms with E-state index in [-0.39, 0.29) is 61.0 Å². The number of nitrogens with zero attached hydrogens (tertiary/aromatic N) is 2. The molecule has 10 heteroatoms. The third kappa shape index (κ3) is 6.82. The Morgan fingerprint density at radius 3 is 2.54 bits per heavy atom. The highest BCUT2D eigenvalue weighted by Gasteiger charge is 2.26. The molecular weight excluding hydrogens is 446 g/mol. The SMILES string of the molecule is CCN1CCN(c2ccc(F)cc2C(C)NC(=O)C2CSCN2)CC1.Cl.Cl.Cl. The molecule has 28 heavy (non-hydrogen) atoms. The standard InChI is InChI=1S/C18H27FN4OS.3ClH/c1-3-22-6-8-23(9-7-22)17-5-4-14(19)10-15(17)13(2)21-18(24)16-11-25-12-20-16;;;/h4-5,10,13,16,20H,3,6-9,11-12H2,1-2H3,(H,21,24);3*1H. The van der Waals surface area contributed by atoms with Crippen LogP contribution < -0.4 is 15.5 Å². The van der Waals surface area contributed by atoms with E-state index >= 15 is 0 Å². The van der Waals surface area contributed by atoms with Crippen LogP contribution in [-0.4, -0.2) is 61.2 Å². The van der Waals surface area contributed by atoms with Gasteiger partial charge in [0.15, 0.2) is 0 Å². The van der Waals surface area contributed by atoms with Crippen molar-refractivity contribution in [1.29, 1.82) is 0 Å². The number of hydrogen-bond donors (Lipinski definition) is 2. The maximum absolute atomic E-state index is 13.9. The van der Waals surface area contributed by atoms with Crippen molar-refractivity contribution in [2.45, 2.75) is 25.9 Å². The number of carbonyl (C=O) groups excluding carboxylic acids is 1. The Morgan fingerprint density at radius 2 is 1.96 bits per heavy atom. The summed E-state index contributed by atoms with van der Waals surface area (Å²) in [5, 5.41) is 6.22. The molecular formula is C18H30Cl3FN4OS. The second-order valence-corrected chi connectivity index (χ2v) is 7.66. The van der Waals surface area contributed by atoms with E-state index in [1.165, 1.54) is 6.07 Å². The van der Waals surface area contributed by atoms with Crippen molar-refractivity contribution in [2.75, 3.05) is 49.3 Å². The Morgan fingerprint density at radius 1 is 1.29 bits per heavy atom. The molecule has 1 amide bonds. The van der Waals surface area contributed by atoms with Crippen LogP contribution in [0.15, 0.2) is 18.2 Å². The molecule has 2 aliphatic rings. The second kappa shape index (κ2) is 13.0. The molecule has 0 radical (unpaired) electrons. The monoisotopic (exact) mass is 474 g/mol. The van der Waals surface area contributed by atoms with Crippen LogP contribution in [0, 0.1) is 5.82 Å². The van der Waals surface area contributed by atoms with E-state index in [1.54, 1.807) is 17.8 Å². The Hall–Kier alpha value is -0.440. The van der Waals surface area contributed by atoms with Gasteiger partial charge in [0.05, 0.1) is 12.1 Å². The van der Waals surface area contributed by atoms with E-state index in [4.69, 9.17) is 0 Å². The molecule has 2 heterocycles. The number of amides is 1. The highest BCUT2D eigenvalue weighted by Crippen LogP contribution is 2.28. The molecule has 2 N–H and O–H groups in total. The number of benzene rings is 1. The minimum Gasteiger partial charge on any atom is -0.369 e. The third-order valence-electron chi connectivity index (χ3n) is 5.01. The fourth-order valence-electron chi connectivity index (χ4n) is 3.42. The van der Waals surface area contributed by atoms with Crippen LogP contribution >= 0.6 is 49.0 Å². The van der Waals surface area contributed by atoms with Crippen LogP contribution in [0.1, 0.15) is 25.5 Å². The molecule has 162 valence electrons. The van der Waals surface area contributed by atoms with Crippen LogP contribution in [0.5, 0.6) is 0 Å². The summed E-state index contributed by atoms with van der Waals surface area (Å²) in [6.07, 6.45) is 0. The third-order valence-corrected chi connectivity index (χ3v) is 5.95. The number of carbonyl (C=O) groups is 1. The average molecular weight is 476 g/mol. The Balaban J connectivity index is 0.00000243. The zero-order valence-corrected chi connectivity index (χ0v) is 19.4. The van der Waals surface area contributed by atoms with Gasteiger partial charge >= 0.3 is 0 Å². The number of nitrogens with one attached hydrogen (secondary N) is 2. The van der Waals surface area contributed by atoms with E-state index in [0.717, 1.165) is 55.6 Å². The number of likely N-dealkylation sites (N-methyl/N-ethyl adjacent to an activating group) is 1. The number of halogens is 4. The second-order valence-electron chi connectivity index (χ2n) is 6.63. The molecule has 0 bridgehead atoms. The lowest BCUT2D eigenvalue weighted by Crippen LogP contribution is -2.47. The molecule has 3 rings (SSSR count). The summed E-state index contributed by atoms with van der Waals surface area (Å²) in [6, 6.07) is 4.53. The van der Waals surface area contributed by atoms with Crippen LogP contribution in [0.2, 0.25) is 0 Å². The molecule has 0 aromatic heterocycles. The summed E-state index contributed by atoms with van der Waals surface area (Å²) < 4.78 is 13.9. The lowest BCUT2D eigenvalue weighted by molar-refractivity contribution is -0.123. The molecule has 1 aromatic carbocycles. The summed E-state index contributed by atoms with van der Waals surface area (Å²) in [4.78, 5) is 17.1. The van der Waals surface area contributed by atoms with Crippen LogP contribution in [0.25, 0.3) is 0 Å². The number of anilines is 1. The number of rotatable bonds is 5. The zero-order chi connectivity index (χ0) is 17.8. The fraction of sp³-hybridized carbons (Fsp3) is 0.611. The molecule has 0 spiro atoms. The largest absolute Gasteiger partial charge is 0.369 e. The van der Waals surface area contributed by atoms with Crippen molar-refractivity contribution in [3.05, 3.63) is 29.6 Å². The minimum absolute atomic E-state index is 0. The summed E-state index contributed by atoms with van der Waals surface area (Å²) in [7, 11) is 0. The van der Waals surface area contributed by atoms with Gasteiger partial charge in [0.25, 0.3) is 0 Å². The molecule has 2 unspecified atom stereocenters. The van der Waals surface area contributed by atoms with Gasteiger partial charge in [-0.05, 0) is 31.7 Å². The van der Waals surface area contributed by atoms with E-state index in [1.807, 2.05) is 13.0 Å². The van der Waals surface area contributed by atoms with E-state index in [2.05, 4.69) is 27.4 Å². The number of hydrogen-bond acceptors (Lipinski definition) is 5. The van der Waals surface area contributed by atoms with Gasteiger partial charge in [0.2, 0.25) is 5.91 Å². The normalized spacial score (nSPS) is 20.4. The summed E-state index contributed by atoms with van der Waals surface area (Å²) in [5.41, 5.74) is 1.88. The van der Waals surface area contributed by atoms with E-state index < -0.39 is 0 Å². The number of piperazine rings is 1. The predicted octanol–water partition coefficient (Wildman–Crippen LogP) is 3.07. The minimum atomic E-state index is -0.262. The first-order valence-electron chi connectivity index (χ1n) is 8.96. The maximum atomic E-state index is 13.9. The fourth-order valence-corrected chi connectivity index (χ4v) is 4.36. The quantitative estimate of drug-likeness (QED) is 0.685. The Kier molecular flexibility index (Phi) is 12.8. The Bertz CT molecular complexity index is 614. The van der Waals surface area contributed by atoms with Crippen LogP contribution in [-0.2, 0) is 4.79 Å². The highest BCUT2D eigenvalue weighted by atomic mass is 35.5. The van der Waals surface area contributed by atoms with Crippen molar-refractivity contribution in [2.24, 2.45) is 0 Å². The topological polar surface area (TPSA) is 47.6 Å². The summed E-state index contributed by atoms with van der Waals surface area (Å²) in [6.45, 7) is 9.03. The smallest absolute Gasteiger partial charge is 0.238 e. The highest BCUT2D eigenvalue weighted by molar-refractivity contribution is 7.99. The predicted molar refractivity (Wildman–Crippen MR) is 123 cm³/mol. The first kappa shape index (κ1) is 27.6. The first-order chi connectivity index (χ1) is 12.1. The molecule has 0 aliphatic carbocycles. The van der Waals surface area contributed by atoms with Gasteiger partial charge < -0.3 is 15.1 Å². The van der Waals surface area contributed by atoms with Crippen molar-refractivity contribution < 1.29 is 9.18 Å². The molecule has 2 atom stereocenters. The van der Waals surface area contributed by atoms with Crippen molar-refractivity contribution in [3.63, 3.8) is 0 Å². The Labute approximate surface area is 189 Å². The molecule has 5 nitrogen and oxygen atoms in total. The van der Waals surface area contributed by atoms with Gasteiger partial charge in [-0.1, -0.05) is 6.92 Å². The van der Waals surface area contributed by atoms with Crippen molar-refractivity contribution >= 4 is 60.6 Å². The van der Waals surface area contributed by atoms with Gasteiger partial charge in [-0.3, -0.25) is 10.1 Å². The van der Waals surface area contributed by atoms with Crippen LogP contribution in [0.4, 0.5) is 10.1 Å². The molecule has 0 saturated carbocycles. The summed E-state index contributed by atoms with van der Waals surface area (Å²) in [5.74, 6) is 1.32. The lowest BCUT2D eigenvalue weighted by atomic mass is 10.0. The van der Waals surface area contributed by atoms with Crippen molar-refractivity contribution in [3.8, 4) is 0 Å². The summed E-state index contributed by atoms with van der Waals surface area (Å²) >= 11 is 1.72. The molecule has 1 aromatic rings. The first-order valence-corrected chi connectivity index (χ1v) is 10.1. The molecule has 2 aliphatic heterocycles. The van der Waals surface area contributed by atoms with Crippen molar-refractivity contribution in [1.82, 2.24) is 15.5 Å². The van der Waals surface area contributed by atoms with E-state index in [0.29, 0.717) is 0 Å². The zero-order valence-electron chi connectivity index (χ0n) is 16.2. The van der Waals surface area contributed by atoms with Gasteiger partial charge in [0.1, 0.15) is 5.82 Å². The molecule has 2 saturated heterocycles. The van der Waals surface area contributed by atoms with Gasteiger partial charge in [-0.15, -0.1) is 49.0 Å². The van der Waals surface area contributed by atoms with E-state index in [9.17, 15) is 9.18 Å². The maximum Gasteiger partial charge on any atom is 0.238 e.